The Hall–Kier alpha value is -0.776. The van der Waals surface area contributed by atoms with E-state index in [0.29, 0.717) is 0 Å². The second kappa shape index (κ2) is 11.9. The molecule has 0 aliphatic rings. The van der Waals surface area contributed by atoms with Crippen LogP contribution in [0.5, 0.6) is 0 Å². The van der Waals surface area contributed by atoms with Crippen LogP contribution in [0.2, 0.25) is 0 Å². The van der Waals surface area contributed by atoms with Crippen molar-refractivity contribution >= 4 is 103 Å². The molecule has 3 aromatic carbocycles. The van der Waals surface area contributed by atoms with Crippen LogP contribution in [0.3, 0.4) is 0 Å². The number of fused-ring (bicyclic) bond motifs is 3. The number of para-hydroxylation sites is 3. The first kappa shape index (κ1) is 24.9. The van der Waals surface area contributed by atoms with Crippen LogP contribution in [0, 0.1) is 36.9 Å². The maximum absolute atomic E-state index is 4.92. The summed E-state index contributed by atoms with van der Waals surface area (Å²) in [7, 11) is 0. The molecule has 3 heterocycles. The summed E-state index contributed by atoms with van der Waals surface area (Å²) in [4.78, 5) is 12.4. The average Bonchev–Trinajstić information content (AvgIpc) is 3.41. The van der Waals surface area contributed by atoms with E-state index < -0.39 is 0 Å². The van der Waals surface area contributed by atoms with Crippen LogP contribution in [-0.2, 0) is 37.9 Å². The van der Waals surface area contributed by atoms with Gasteiger partial charge < -0.3 is 71.9 Å². The molecule has 0 saturated carbocycles. The van der Waals surface area contributed by atoms with E-state index in [-0.39, 0.29) is 36.9 Å². The van der Waals surface area contributed by atoms with Crippen molar-refractivity contribution in [1.82, 2.24) is 15.0 Å². The summed E-state index contributed by atoms with van der Waals surface area (Å²) in [5, 5.41) is 0. The number of thiazole rings is 3. The number of aromatic nitrogens is 3. The van der Waals surface area contributed by atoms with E-state index in [9.17, 15) is 0 Å². The van der Waals surface area contributed by atoms with E-state index in [1.54, 1.807) is 34.0 Å². The van der Waals surface area contributed by atoms with Gasteiger partial charge in [0.25, 0.3) is 0 Å². The zero-order valence-electron chi connectivity index (χ0n) is 15.5. The predicted molar refractivity (Wildman–Crippen MR) is 136 cm³/mol. The van der Waals surface area contributed by atoms with E-state index >= 15 is 0 Å². The summed E-state index contributed by atoms with van der Waals surface area (Å²) >= 11 is 19.4. The molecule has 3 aromatic heterocycles. The normalized spacial score (nSPS) is 10.1. The van der Waals surface area contributed by atoms with Crippen molar-refractivity contribution in [2.45, 2.75) is 13.0 Å². The van der Waals surface area contributed by atoms with Gasteiger partial charge in [0.05, 0.1) is 16.6 Å². The van der Waals surface area contributed by atoms with Crippen molar-refractivity contribution < 1.29 is 36.9 Å². The van der Waals surface area contributed by atoms with Crippen molar-refractivity contribution in [2.24, 2.45) is 0 Å². The Bertz CT molecular complexity index is 1140. The van der Waals surface area contributed by atoms with Gasteiger partial charge in [-0.2, -0.15) is 0 Å². The van der Waals surface area contributed by atoms with Gasteiger partial charge in [0, 0.05) is 0 Å². The maximum atomic E-state index is 4.92. The number of benzene rings is 3. The molecule has 0 bridgehead atoms. The summed E-state index contributed by atoms with van der Waals surface area (Å²) in [5.41, 5.74) is 3.03. The van der Waals surface area contributed by atoms with Crippen molar-refractivity contribution in [3.05, 3.63) is 72.8 Å². The fourth-order valence-electron chi connectivity index (χ4n) is 2.55. The first-order chi connectivity index (χ1) is 14.6. The molecule has 0 aliphatic carbocycles. The van der Waals surface area contributed by atoms with Gasteiger partial charge in [-0.1, -0.05) is 54.6 Å². The summed E-state index contributed by atoms with van der Waals surface area (Å²) in [6.45, 7) is 0. The number of hydrogen-bond acceptors (Lipinski definition) is 9. The monoisotopic (exact) mass is 667 g/mol. The number of rotatable bonds is 0. The largest absolute Gasteiger partial charge is 3.00 e. The predicted octanol–water partition coefficient (Wildman–Crippen LogP) is 6.61. The van der Waals surface area contributed by atoms with Crippen LogP contribution < -0.4 is 0 Å². The molecule has 6 rings (SSSR count). The van der Waals surface area contributed by atoms with Crippen LogP contribution in [0.15, 0.2) is 85.8 Å². The fraction of sp³-hybridized carbons (Fsp3) is 0. The zero-order valence-corrected chi connectivity index (χ0v) is 22.2. The zero-order chi connectivity index (χ0) is 20.9. The number of hydrogen-bond donors (Lipinski definition) is 0. The van der Waals surface area contributed by atoms with Crippen LogP contribution in [0.4, 0.5) is 0 Å². The van der Waals surface area contributed by atoms with Gasteiger partial charge in [0.1, 0.15) is 0 Å². The Morgan fingerprint density at radius 2 is 0.710 bits per heavy atom. The van der Waals surface area contributed by atoms with Gasteiger partial charge in [-0.3, -0.25) is 15.0 Å². The molecule has 6 aromatic rings. The maximum Gasteiger partial charge on any atom is 3.00 e. The Labute approximate surface area is 237 Å². The molecule has 0 radical (unpaired) electrons. The standard InChI is InChI=1S/3C7H5NS2.Tm/c3*9-7-8-5-3-1-2-4-6(5)10-7;/h3*1-4H,(H,8,9);/q;;;+3/p-3. The third-order valence-electron chi connectivity index (χ3n) is 3.82. The van der Waals surface area contributed by atoms with Crippen LogP contribution >= 0.6 is 34.0 Å². The van der Waals surface area contributed by atoms with E-state index in [4.69, 9.17) is 37.9 Å². The van der Waals surface area contributed by atoms with Gasteiger partial charge in [-0.05, 0) is 45.3 Å². The third-order valence-corrected chi connectivity index (χ3v) is 7.34. The van der Waals surface area contributed by atoms with Gasteiger partial charge in [-0.25, -0.2) is 0 Å². The minimum Gasteiger partial charge on any atom is -0.408 e. The summed E-state index contributed by atoms with van der Waals surface area (Å²) in [6.07, 6.45) is 0. The third kappa shape index (κ3) is 6.85. The van der Waals surface area contributed by atoms with Crippen molar-refractivity contribution in [3.63, 3.8) is 0 Å². The molecule has 0 N–H and O–H groups in total. The average molecular weight is 668 g/mol. The van der Waals surface area contributed by atoms with Crippen LogP contribution in [0.1, 0.15) is 0 Å². The second-order valence-electron chi connectivity index (χ2n) is 5.84. The smallest absolute Gasteiger partial charge is 0.408 e. The topological polar surface area (TPSA) is 38.7 Å². The molecule has 0 saturated heterocycles. The van der Waals surface area contributed by atoms with Gasteiger partial charge in [-0.15, -0.1) is 0 Å². The quantitative estimate of drug-likeness (QED) is 0.170. The van der Waals surface area contributed by atoms with Crippen molar-refractivity contribution in [1.29, 1.82) is 0 Å². The first-order valence-corrected chi connectivity index (χ1v) is 12.3. The molecule has 160 valence electrons. The molecular formula is C21H12N3S6Tm. The minimum atomic E-state index is 0. The molecular weight excluding hydrogens is 656 g/mol. The van der Waals surface area contributed by atoms with Gasteiger partial charge in [0.2, 0.25) is 0 Å². The summed E-state index contributed by atoms with van der Waals surface area (Å²) in [5.74, 6) is 0. The van der Waals surface area contributed by atoms with Crippen LogP contribution in [-0.4, -0.2) is 15.0 Å². The second-order valence-corrected chi connectivity index (χ2v) is 10.9. The summed E-state index contributed by atoms with van der Waals surface area (Å²) < 4.78 is 5.69. The molecule has 10 heteroatoms. The van der Waals surface area contributed by atoms with Crippen molar-refractivity contribution in [3.8, 4) is 0 Å². The Morgan fingerprint density at radius 3 is 0.968 bits per heavy atom. The van der Waals surface area contributed by atoms with E-state index in [1.165, 1.54) is 14.1 Å². The van der Waals surface area contributed by atoms with E-state index in [0.717, 1.165) is 29.6 Å². The molecule has 0 spiro atoms. The van der Waals surface area contributed by atoms with Gasteiger partial charge in [0.15, 0.2) is 0 Å². The molecule has 0 amide bonds. The molecule has 0 fully saturated rings. The molecule has 31 heavy (non-hydrogen) atoms. The molecule has 3 nitrogen and oxygen atoms in total. The van der Waals surface area contributed by atoms with Crippen LogP contribution in [0.25, 0.3) is 30.6 Å². The van der Waals surface area contributed by atoms with E-state index in [2.05, 4.69) is 15.0 Å². The fourth-order valence-corrected chi connectivity index (χ4v) is 5.75. The number of nitrogens with zero attached hydrogens (tertiary/aromatic N) is 3. The molecule has 0 unspecified atom stereocenters. The Kier molecular flexibility index (Phi) is 9.54. The van der Waals surface area contributed by atoms with Crippen molar-refractivity contribution in [2.75, 3.05) is 0 Å². The minimum absolute atomic E-state index is 0. The SMILES string of the molecule is [S-]c1nc2ccccc2s1.[S-]c1nc2ccccc2s1.[S-]c1nc2ccccc2s1.[Tm+3]. The molecule has 0 aliphatic heterocycles. The Balaban J connectivity index is 0.000000130. The molecule has 0 atom stereocenters. The summed E-state index contributed by atoms with van der Waals surface area (Å²) in [6, 6.07) is 23.9. The van der Waals surface area contributed by atoms with E-state index in [1.807, 2.05) is 72.8 Å². The first-order valence-electron chi connectivity index (χ1n) is 8.66. The van der Waals surface area contributed by atoms with Gasteiger partial charge >= 0.3 is 36.9 Å². The Morgan fingerprint density at radius 1 is 0.452 bits per heavy atom.